The van der Waals surface area contributed by atoms with Crippen LogP contribution in [-0.4, -0.2) is 42.4 Å². The lowest BCUT2D eigenvalue weighted by molar-refractivity contribution is -0.130. The Bertz CT molecular complexity index is 536. The molecule has 0 atom stereocenters. The second-order valence-corrected chi connectivity index (χ2v) is 5.43. The maximum atomic E-state index is 11.8. The predicted octanol–water partition coefficient (Wildman–Crippen LogP) is 1.46. The van der Waals surface area contributed by atoms with Crippen LogP contribution in [0.3, 0.4) is 0 Å². The number of anilines is 2. The SMILES string of the molecule is CC(=O)N1CCC(N2CC(=O)Nc3ccccc32)CC1. The summed E-state index contributed by atoms with van der Waals surface area (Å²) in [6.07, 6.45) is 1.84. The van der Waals surface area contributed by atoms with E-state index in [4.69, 9.17) is 0 Å². The van der Waals surface area contributed by atoms with Crippen molar-refractivity contribution in [2.24, 2.45) is 0 Å². The zero-order chi connectivity index (χ0) is 14.1. The van der Waals surface area contributed by atoms with Gasteiger partial charge in [0.2, 0.25) is 11.8 Å². The smallest absolute Gasteiger partial charge is 0.243 e. The summed E-state index contributed by atoms with van der Waals surface area (Å²) in [6.45, 7) is 3.58. The van der Waals surface area contributed by atoms with E-state index in [1.165, 1.54) is 0 Å². The average Bonchev–Trinajstić information content (AvgIpc) is 2.46. The van der Waals surface area contributed by atoms with Crippen LogP contribution < -0.4 is 10.2 Å². The second kappa shape index (κ2) is 5.15. The minimum absolute atomic E-state index is 0.0395. The molecule has 0 aliphatic carbocycles. The molecular weight excluding hydrogens is 254 g/mol. The van der Waals surface area contributed by atoms with Gasteiger partial charge in [-0.05, 0) is 25.0 Å². The van der Waals surface area contributed by atoms with Gasteiger partial charge in [-0.3, -0.25) is 9.59 Å². The molecule has 1 fully saturated rings. The zero-order valence-electron chi connectivity index (χ0n) is 11.6. The minimum atomic E-state index is 0.0395. The summed E-state index contributed by atoms with van der Waals surface area (Å²) >= 11 is 0. The molecule has 0 aromatic heterocycles. The number of benzene rings is 1. The summed E-state index contributed by atoms with van der Waals surface area (Å²) in [6, 6.07) is 8.24. The van der Waals surface area contributed by atoms with Crippen LogP contribution in [0.2, 0.25) is 0 Å². The first-order chi connectivity index (χ1) is 9.65. The van der Waals surface area contributed by atoms with Crippen LogP contribution in [0.1, 0.15) is 19.8 Å². The Labute approximate surface area is 118 Å². The molecular formula is C15H19N3O2. The average molecular weight is 273 g/mol. The van der Waals surface area contributed by atoms with E-state index >= 15 is 0 Å². The van der Waals surface area contributed by atoms with Gasteiger partial charge in [-0.1, -0.05) is 12.1 Å². The summed E-state index contributed by atoms with van der Waals surface area (Å²) in [4.78, 5) is 27.3. The summed E-state index contributed by atoms with van der Waals surface area (Å²) in [5.74, 6) is 0.179. The lowest BCUT2D eigenvalue weighted by atomic mass is 10.0. The molecule has 0 spiro atoms. The topological polar surface area (TPSA) is 52.7 Å². The number of amides is 2. The van der Waals surface area contributed by atoms with Gasteiger partial charge in [0.25, 0.3) is 0 Å². The van der Waals surface area contributed by atoms with Gasteiger partial charge in [0.1, 0.15) is 0 Å². The van der Waals surface area contributed by atoms with Crippen molar-refractivity contribution in [3.63, 3.8) is 0 Å². The van der Waals surface area contributed by atoms with Gasteiger partial charge in [-0.25, -0.2) is 0 Å². The van der Waals surface area contributed by atoms with Crippen LogP contribution in [0.25, 0.3) is 0 Å². The molecule has 0 unspecified atom stereocenters. The monoisotopic (exact) mass is 273 g/mol. The van der Waals surface area contributed by atoms with E-state index in [0.717, 1.165) is 37.3 Å². The lowest BCUT2D eigenvalue weighted by Gasteiger charge is -2.41. The van der Waals surface area contributed by atoms with Gasteiger partial charge in [0.15, 0.2) is 0 Å². The molecule has 1 saturated heterocycles. The Kier molecular flexibility index (Phi) is 3.34. The summed E-state index contributed by atoms with van der Waals surface area (Å²) in [5.41, 5.74) is 1.98. The molecule has 2 amide bonds. The summed E-state index contributed by atoms with van der Waals surface area (Å²) in [5, 5.41) is 2.91. The van der Waals surface area contributed by atoms with Crippen LogP contribution in [0.5, 0.6) is 0 Å². The molecule has 0 saturated carbocycles. The second-order valence-electron chi connectivity index (χ2n) is 5.43. The van der Waals surface area contributed by atoms with Gasteiger partial charge >= 0.3 is 0 Å². The van der Waals surface area contributed by atoms with Crippen LogP contribution in [0.4, 0.5) is 11.4 Å². The molecule has 2 heterocycles. The van der Waals surface area contributed by atoms with Crippen LogP contribution in [0, 0.1) is 0 Å². The first-order valence-electron chi connectivity index (χ1n) is 7.06. The van der Waals surface area contributed by atoms with Gasteiger partial charge < -0.3 is 15.1 Å². The lowest BCUT2D eigenvalue weighted by Crippen LogP contribution is -2.50. The molecule has 2 aliphatic heterocycles. The van der Waals surface area contributed by atoms with E-state index in [-0.39, 0.29) is 11.8 Å². The molecule has 0 radical (unpaired) electrons. The number of para-hydroxylation sites is 2. The van der Waals surface area contributed by atoms with Crippen LogP contribution in [0.15, 0.2) is 24.3 Å². The van der Waals surface area contributed by atoms with E-state index in [1.54, 1.807) is 6.92 Å². The number of likely N-dealkylation sites (tertiary alicyclic amines) is 1. The van der Waals surface area contributed by atoms with Crippen LogP contribution in [-0.2, 0) is 9.59 Å². The van der Waals surface area contributed by atoms with E-state index in [2.05, 4.69) is 10.2 Å². The third-order valence-corrected chi connectivity index (χ3v) is 4.15. The number of nitrogens with one attached hydrogen (secondary N) is 1. The van der Waals surface area contributed by atoms with Crippen molar-refractivity contribution < 1.29 is 9.59 Å². The highest BCUT2D eigenvalue weighted by atomic mass is 16.2. The standard InChI is InChI=1S/C15H19N3O2/c1-11(19)17-8-6-12(7-9-17)18-10-15(20)16-13-4-2-3-5-14(13)18/h2-5,12H,6-10H2,1H3,(H,16,20). The molecule has 20 heavy (non-hydrogen) atoms. The predicted molar refractivity (Wildman–Crippen MR) is 77.7 cm³/mol. The van der Waals surface area contributed by atoms with Gasteiger partial charge in [-0.2, -0.15) is 0 Å². The number of hydrogen-bond donors (Lipinski definition) is 1. The summed E-state index contributed by atoms with van der Waals surface area (Å²) in [7, 11) is 0. The number of hydrogen-bond acceptors (Lipinski definition) is 3. The third-order valence-electron chi connectivity index (χ3n) is 4.15. The maximum Gasteiger partial charge on any atom is 0.243 e. The van der Waals surface area contributed by atoms with Crippen molar-refractivity contribution in [1.29, 1.82) is 0 Å². The van der Waals surface area contributed by atoms with Gasteiger partial charge in [0.05, 0.1) is 17.9 Å². The van der Waals surface area contributed by atoms with E-state index < -0.39 is 0 Å². The fourth-order valence-electron chi connectivity index (χ4n) is 3.08. The highest BCUT2D eigenvalue weighted by molar-refractivity contribution is 6.01. The first-order valence-corrected chi connectivity index (χ1v) is 7.06. The molecule has 5 nitrogen and oxygen atoms in total. The van der Waals surface area contributed by atoms with Gasteiger partial charge in [0, 0.05) is 26.1 Å². The number of nitrogens with zero attached hydrogens (tertiary/aromatic N) is 2. The Morgan fingerprint density at radius 1 is 1.25 bits per heavy atom. The molecule has 1 aromatic carbocycles. The van der Waals surface area contributed by atoms with Gasteiger partial charge in [-0.15, -0.1) is 0 Å². The Hall–Kier alpha value is -2.04. The molecule has 1 N–H and O–H groups in total. The maximum absolute atomic E-state index is 11.8. The molecule has 2 aliphatic rings. The molecule has 3 rings (SSSR count). The van der Waals surface area contributed by atoms with E-state index in [1.807, 2.05) is 29.2 Å². The van der Waals surface area contributed by atoms with Crippen molar-refractivity contribution in [3.8, 4) is 0 Å². The van der Waals surface area contributed by atoms with Crippen molar-refractivity contribution in [2.45, 2.75) is 25.8 Å². The number of fused-ring (bicyclic) bond motifs is 1. The highest BCUT2D eigenvalue weighted by Crippen LogP contribution is 2.32. The molecule has 106 valence electrons. The Morgan fingerprint density at radius 3 is 2.65 bits per heavy atom. The quantitative estimate of drug-likeness (QED) is 0.842. The number of carbonyl (C=O) groups excluding carboxylic acids is 2. The van der Waals surface area contributed by atoms with Crippen LogP contribution >= 0.6 is 0 Å². The van der Waals surface area contributed by atoms with Crippen molar-refractivity contribution >= 4 is 23.2 Å². The molecule has 5 heteroatoms. The Balaban J connectivity index is 1.78. The molecule has 1 aromatic rings. The first kappa shape index (κ1) is 13.0. The van der Waals surface area contributed by atoms with Crippen molar-refractivity contribution in [1.82, 2.24) is 4.90 Å². The van der Waals surface area contributed by atoms with Crippen molar-refractivity contribution in [2.75, 3.05) is 29.9 Å². The number of rotatable bonds is 1. The van der Waals surface area contributed by atoms with E-state index in [9.17, 15) is 9.59 Å². The van der Waals surface area contributed by atoms with Crippen molar-refractivity contribution in [3.05, 3.63) is 24.3 Å². The molecule has 0 bridgehead atoms. The minimum Gasteiger partial charge on any atom is -0.357 e. The largest absolute Gasteiger partial charge is 0.357 e. The Morgan fingerprint density at radius 2 is 1.95 bits per heavy atom. The fraction of sp³-hybridized carbons (Fsp3) is 0.467. The zero-order valence-corrected chi connectivity index (χ0v) is 11.6. The fourth-order valence-corrected chi connectivity index (χ4v) is 3.08. The van der Waals surface area contributed by atoms with E-state index in [0.29, 0.717) is 12.6 Å². The number of piperidine rings is 1. The normalized spacial score (nSPS) is 19.6. The number of carbonyl (C=O) groups is 2. The highest BCUT2D eigenvalue weighted by Gasteiger charge is 2.30. The summed E-state index contributed by atoms with van der Waals surface area (Å²) < 4.78 is 0. The third kappa shape index (κ3) is 2.35.